The molecule has 18 heavy (non-hydrogen) atoms. The predicted molar refractivity (Wildman–Crippen MR) is 69.9 cm³/mol. The van der Waals surface area contributed by atoms with Crippen LogP contribution in [0.4, 0.5) is 0 Å². The molecule has 1 aromatic carbocycles. The highest BCUT2D eigenvalue weighted by Gasteiger charge is 2.18. The molecule has 1 atom stereocenters. The SMILES string of the molecule is COc1cccc(Cl)c1C(O)Cc1ccn(C)n1. The second kappa shape index (κ2) is 5.42. The van der Waals surface area contributed by atoms with E-state index in [-0.39, 0.29) is 0 Å². The van der Waals surface area contributed by atoms with Gasteiger partial charge in [-0.2, -0.15) is 5.10 Å². The molecular weight excluding hydrogens is 252 g/mol. The molecule has 0 aliphatic heterocycles. The van der Waals surface area contributed by atoms with Crippen LogP contribution in [-0.4, -0.2) is 22.0 Å². The van der Waals surface area contributed by atoms with E-state index >= 15 is 0 Å². The number of aryl methyl sites for hydroxylation is 1. The number of methoxy groups -OCH3 is 1. The van der Waals surface area contributed by atoms with E-state index in [1.165, 1.54) is 0 Å². The number of hydrogen-bond acceptors (Lipinski definition) is 3. The molecule has 0 aliphatic carbocycles. The van der Waals surface area contributed by atoms with Crippen LogP contribution in [0, 0.1) is 0 Å². The molecule has 1 unspecified atom stereocenters. The predicted octanol–water partition coefficient (Wildman–Crippen LogP) is 2.36. The van der Waals surface area contributed by atoms with Gasteiger partial charge in [0.05, 0.1) is 23.9 Å². The number of hydrogen-bond donors (Lipinski definition) is 1. The highest BCUT2D eigenvalue weighted by molar-refractivity contribution is 6.31. The fourth-order valence-corrected chi connectivity index (χ4v) is 2.18. The standard InChI is InChI=1S/C13H15ClN2O2/c1-16-7-6-9(15-16)8-11(17)13-10(14)4-3-5-12(13)18-2/h3-7,11,17H,8H2,1-2H3. The molecule has 1 heterocycles. The maximum atomic E-state index is 10.3. The van der Waals surface area contributed by atoms with Crippen molar-refractivity contribution in [3.63, 3.8) is 0 Å². The third-order valence-electron chi connectivity index (χ3n) is 2.74. The molecule has 1 aromatic heterocycles. The molecule has 0 aliphatic rings. The molecule has 2 rings (SSSR count). The van der Waals surface area contributed by atoms with E-state index in [2.05, 4.69) is 5.10 Å². The number of aromatic nitrogens is 2. The van der Waals surface area contributed by atoms with Gasteiger partial charge in [0.2, 0.25) is 0 Å². The Morgan fingerprint density at radius 3 is 2.83 bits per heavy atom. The van der Waals surface area contributed by atoms with Gasteiger partial charge in [-0.3, -0.25) is 4.68 Å². The Bertz CT molecular complexity index is 540. The highest BCUT2D eigenvalue weighted by atomic mass is 35.5. The lowest BCUT2D eigenvalue weighted by molar-refractivity contribution is 0.172. The van der Waals surface area contributed by atoms with Gasteiger partial charge in [-0.15, -0.1) is 0 Å². The second-order valence-electron chi connectivity index (χ2n) is 4.06. The summed E-state index contributed by atoms with van der Waals surface area (Å²) in [5.74, 6) is 0.589. The number of ether oxygens (including phenoxy) is 1. The Hall–Kier alpha value is -1.52. The van der Waals surface area contributed by atoms with E-state index < -0.39 is 6.10 Å². The summed E-state index contributed by atoms with van der Waals surface area (Å²) in [7, 11) is 3.40. The fourth-order valence-electron chi connectivity index (χ4n) is 1.89. The highest BCUT2D eigenvalue weighted by Crippen LogP contribution is 2.33. The van der Waals surface area contributed by atoms with Gasteiger partial charge in [0, 0.05) is 25.2 Å². The van der Waals surface area contributed by atoms with Gasteiger partial charge in [-0.1, -0.05) is 17.7 Å². The van der Waals surface area contributed by atoms with Crippen molar-refractivity contribution in [2.45, 2.75) is 12.5 Å². The lowest BCUT2D eigenvalue weighted by Crippen LogP contribution is -2.06. The van der Waals surface area contributed by atoms with Crippen molar-refractivity contribution >= 4 is 11.6 Å². The van der Waals surface area contributed by atoms with E-state index in [0.29, 0.717) is 22.8 Å². The third-order valence-corrected chi connectivity index (χ3v) is 3.07. The van der Waals surface area contributed by atoms with Crippen molar-refractivity contribution in [2.24, 2.45) is 7.05 Å². The van der Waals surface area contributed by atoms with Crippen molar-refractivity contribution in [2.75, 3.05) is 7.11 Å². The summed E-state index contributed by atoms with van der Waals surface area (Å²) in [5.41, 5.74) is 1.42. The Morgan fingerprint density at radius 2 is 2.22 bits per heavy atom. The first-order valence-electron chi connectivity index (χ1n) is 5.61. The first kappa shape index (κ1) is 12.9. The average molecular weight is 267 g/mol. The minimum atomic E-state index is -0.733. The van der Waals surface area contributed by atoms with Gasteiger partial charge in [0.1, 0.15) is 5.75 Å². The summed E-state index contributed by atoms with van der Waals surface area (Å²) in [6.07, 6.45) is 1.51. The summed E-state index contributed by atoms with van der Waals surface area (Å²) >= 11 is 6.11. The van der Waals surface area contributed by atoms with Gasteiger partial charge in [-0.25, -0.2) is 0 Å². The molecule has 0 amide bonds. The molecule has 96 valence electrons. The Labute approximate surface area is 111 Å². The van der Waals surface area contributed by atoms with Crippen LogP contribution in [0.1, 0.15) is 17.4 Å². The Kier molecular flexibility index (Phi) is 3.89. The van der Waals surface area contributed by atoms with Crippen molar-refractivity contribution in [1.82, 2.24) is 9.78 Å². The quantitative estimate of drug-likeness (QED) is 0.924. The van der Waals surface area contributed by atoms with Crippen LogP contribution in [0.25, 0.3) is 0 Å². The number of benzene rings is 1. The lowest BCUT2D eigenvalue weighted by atomic mass is 10.0. The van der Waals surface area contributed by atoms with Crippen molar-refractivity contribution in [3.05, 3.63) is 46.7 Å². The number of aliphatic hydroxyl groups is 1. The molecule has 0 fully saturated rings. The largest absolute Gasteiger partial charge is 0.496 e. The zero-order valence-electron chi connectivity index (χ0n) is 10.3. The Morgan fingerprint density at radius 1 is 1.44 bits per heavy atom. The van der Waals surface area contributed by atoms with Crippen LogP contribution in [0.3, 0.4) is 0 Å². The molecule has 2 aromatic rings. The van der Waals surface area contributed by atoms with Crippen molar-refractivity contribution < 1.29 is 9.84 Å². The fraction of sp³-hybridized carbons (Fsp3) is 0.308. The molecule has 0 saturated carbocycles. The molecule has 5 heteroatoms. The summed E-state index contributed by atoms with van der Waals surface area (Å²) in [5, 5.41) is 15.0. The summed E-state index contributed by atoms with van der Waals surface area (Å²) in [4.78, 5) is 0. The maximum Gasteiger partial charge on any atom is 0.126 e. The first-order valence-corrected chi connectivity index (χ1v) is 5.98. The lowest BCUT2D eigenvalue weighted by Gasteiger charge is -2.15. The zero-order chi connectivity index (χ0) is 13.1. The molecule has 0 spiro atoms. The topological polar surface area (TPSA) is 47.3 Å². The van der Waals surface area contributed by atoms with Gasteiger partial charge >= 0.3 is 0 Å². The molecule has 4 nitrogen and oxygen atoms in total. The van der Waals surface area contributed by atoms with Gasteiger partial charge < -0.3 is 9.84 Å². The van der Waals surface area contributed by atoms with Crippen molar-refractivity contribution in [1.29, 1.82) is 0 Å². The second-order valence-corrected chi connectivity index (χ2v) is 4.46. The van der Waals surface area contributed by atoms with E-state index in [1.54, 1.807) is 30.0 Å². The van der Waals surface area contributed by atoms with Crippen LogP contribution >= 0.6 is 11.6 Å². The number of rotatable bonds is 4. The molecule has 0 radical (unpaired) electrons. The van der Waals surface area contributed by atoms with E-state index in [0.717, 1.165) is 5.69 Å². The molecule has 0 saturated heterocycles. The van der Waals surface area contributed by atoms with E-state index in [9.17, 15) is 5.11 Å². The van der Waals surface area contributed by atoms with Gasteiger partial charge in [0.25, 0.3) is 0 Å². The number of halogens is 1. The van der Waals surface area contributed by atoms with E-state index in [4.69, 9.17) is 16.3 Å². The number of nitrogens with zero attached hydrogens (tertiary/aromatic N) is 2. The maximum absolute atomic E-state index is 10.3. The van der Waals surface area contributed by atoms with Crippen LogP contribution in [-0.2, 0) is 13.5 Å². The van der Waals surface area contributed by atoms with Crippen molar-refractivity contribution in [3.8, 4) is 5.75 Å². The molecule has 1 N–H and O–H groups in total. The smallest absolute Gasteiger partial charge is 0.126 e. The van der Waals surface area contributed by atoms with Crippen LogP contribution < -0.4 is 4.74 Å². The molecular formula is C13H15ClN2O2. The summed E-state index contributed by atoms with van der Waals surface area (Å²) in [6.45, 7) is 0. The normalized spacial score (nSPS) is 12.4. The monoisotopic (exact) mass is 266 g/mol. The number of aliphatic hydroxyl groups excluding tert-OH is 1. The van der Waals surface area contributed by atoms with Crippen LogP contribution in [0.15, 0.2) is 30.5 Å². The first-order chi connectivity index (χ1) is 8.61. The van der Waals surface area contributed by atoms with E-state index in [1.807, 2.05) is 19.3 Å². The van der Waals surface area contributed by atoms with Gasteiger partial charge in [-0.05, 0) is 18.2 Å². The van der Waals surface area contributed by atoms with Crippen LogP contribution in [0.5, 0.6) is 5.75 Å². The summed E-state index contributed by atoms with van der Waals surface area (Å²) < 4.78 is 6.92. The minimum Gasteiger partial charge on any atom is -0.496 e. The van der Waals surface area contributed by atoms with Gasteiger partial charge in [0.15, 0.2) is 0 Å². The third kappa shape index (κ3) is 2.66. The Balaban J connectivity index is 2.25. The summed E-state index contributed by atoms with van der Waals surface area (Å²) in [6, 6.07) is 7.18. The molecule has 0 bridgehead atoms. The minimum absolute atomic E-state index is 0.404. The zero-order valence-corrected chi connectivity index (χ0v) is 11.1. The average Bonchev–Trinajstić information content (AvgIpc) is 2.74. The van der Waals surface area contributed by atoms with Crippen LogP contribution in [0.2, 0.25) is 5.02 Å².